The van der Waals surface area contributed by atoms with Crippen molar-refractivity contribution in [1.29, 1.82) is 0 Å². The molecular weight excluding hydrogens is 373 g/mol. The molecule has 0 unspecified atom stereocenters. The first-order valence-corrected chi connectivity index (χ1v) is 9.79. The summed E-state index contributed by atoms with van der Waals surface area (Å²) in [5.74, 6) is 0.000508. The van der Waals surface area contributed by atoms with E-state index in [9.17, 15) is 23.1 Å². The van der Waals surface area contributed by atoms with Crippen molar-refractivity contribution >= 4 is 5.91 Å². The molecule has 0 spiro atoms. The largest absolute Gasteiger partial charge is 0.416 e. The van der Waals surface area contributed by atoms with Gasteiger partial charge in [-0.05, 0) is 49.4 Å². The summed E-state index contributed by atoms with van der Waals surface area (Å²) in [5, 5.41) is 9.23. The number of amides is 1. The highest BCUT2D eigenvalue weighted by atomic mass is 19.4. The van der Waals surface area contributed by atoms with Gasteiger partial charge in [-0.25, -0.2) is 0 Å². The lowest BCUT2D eigenvalue weighted by Crippen LogP contribution is -2.55. The molecule has 2 heterocycles. The number of ether oxygens (including phenoxy) is 1. The van der Waals surface area contributed by atoms with Gasteiger partial charge in [0, 0.05) is 44.4 Å². The smallest absolute Gasteiger partial charge is 0.396 e. The Morgan fingerprint density at radius 3 is 2.43 bits per heavy atom. The lowest BCUT2D eigenvalue weighted by atomic mass is 9.86. The first kappa shape index (κ1) is 21.1. The minimum atomic E-state index is -4.41. The van der Waals surface area contributed by atoms with Gasteiger partial charge in [0.25, 0.3) is 5.91 Å². The normalized spacial score (nSPS) is 24.4. The molecule has 0 saturated carbocycles. The predicted octanol–water partition coefficient (Wildman–Crippen LogP) is 2.64. The predicted molar refractivity (Wildman–Crippen MR) is 98.0 cm³/mol. The highest BCUT2D eigenvalue weighted by molar-refractivity contribution is 5.94. The zero-order chi connectivity index (χ0) is 20.1. The van der Waals surface area contributed by atoms with Crippen LogP contribution in [0.2, 0.25) is 0 Å². The number of carbonyl (C=O) groups is 1. The lowest BCUT2D eigenvalue weighted by Gasteiger charge is -2.45. The van der Waals surface area contributed by atoms with E-state index >= 15 is 0 Å². The van der Waals surface area contributed by atoms with Crippen LogP contribution in [0.25, 0.3) is 0 Å². The van der Waals surface area contributed by atoms with Crippen LogP contribution in [0, 0.1) is 5.92 Å². The van der Waals surface area contributed by atoms with E-state index in [1.165, 1.54) is 12.1 Å². The summed E-state index contributed by atoms with van der Waals surface area (Å²) in [6.07, 6.45) is -2.10. The summed E-state index contributed by atoms with van der Waals surface area (Å²) in [5.41, 5.74) is -0.477. The molecule has 0 aromatic heterocycles. The molecule has 156 valence electrons. The van der Waals surface area contributed by atoms with Gasteiger partial charge in [0.15, 0.2) is 0 Å². The van der Waals surface area contributed by atoms with E-state index in [1.54, 1.807) is 4.90 Å². The molecule has 0 radical (unpaired) electrons. The van der Waals surface area contributed by atoms with Crippen molar-refractivity contribution in [3.05, 3.63) is 35.4 Å². The summed E-state index contributed by atoms with van der Waals surface area (Å²) >= 11 is 0. The van der Waals surface area contributed by atoms with Gasteiger partial charge in [0.2, 0.25) is 0 Å². The molecule has 5 nitrogen and oxygen atoms in total. The van der Waals surface area contributed by atoms with Crippen molar-refractivity contribution < 1.29 is 27.8 Å². The highest BCUT2D eigenvalue weighted by Crippen LogP contribution is 2.30. The van der Waals surface area contributed by atoms with Crippen molar-refractivity contribution in [3.8, 4) is 0 Å². The Bertz CT molecular complexity index is 645. The van der Waals surface area contributed by atoms with Crippen molar-refractivity contribution in [2.75, 3.05) is 46.0 Å². The van der Waals surface area contributed by atoms with Gasteiger partial charge < -0.3 is 14.7 Å². The van der Waals surface area contributed by atoms with Crippen molar-refractivity contribution in [1.82, 2.24) is 9.80 Å². The second-order valence-electron chi connectivity index (χ2n) is 7.46. The molecule has 2 atom stereocenters. The number of morpholine rings is 1. The summed E-state index contributed by atoms with van der Waals surface area (Å²) in [6, 6.07) is 4.75. The molecule has 1 aromatic rings. The van der Waals surface area contributed by atoms with Crippen LogP contribution in [-0.4, -0.2) is 72.9 Å². The molecule has 2 fully saturated rings. The number of halogens is 3. The van der Waals surface area contributed by atoms with Gasteiger partial charge in [-0.1, -0.05) is 0 Å². The number of likely N-dealkylation sites (tertiary alicyclic amines) is 1. The maximum Gasteiger partial charge on any atom is 0.416 e. The van der Waals surface area contributed by atoms with E-state index in [2.05, 4.69) is 4.90 Å². The van der Waals surface area contributed by atoms with Gasteiger partial charge in [-0.15, -0.1) is 0 Å². The number of carbonyl (C=O) groups excluding carboxylic acids is 1. The fourth-order valence-corrected chi connectivity index (χ4v) is 4.22. The fraction of sp³-hybridized carbons (Fsp3) is 0.650. The molecule has 3 rings (SSSR count). The average Bonchev–Trinajstić information content (AvgIpc) is 2.71. The van der Waals surface area contributed by atoms with Crippen LogP contribution in [0.5, 0.6) is 0 Å². The maximum atomic E-state index is 12.8. The number of piperidine rings is 1. The van der Waals surface area contributed by atoms with E-state index in [0.717, 1.165) is 38.1 Å². The van der Waals surface area contributed by atoms with Gasteiger partial charge in [0.1, 0.15) is 0 Å². The Labute approximate surface area is 163 Å². The first-order valence-electron chi connectivity index (χ1n) is 9.79. The zero-order valence-electron chi connectivity index (χ0n) is 15.8. The van der Waals surface area contributed by atoms with E-state index in [1.807, 2.05) is 0 Å². The van der Waals surface area contributed by atoms with Crippen molar-refractivity contribution in [2.45, 2.75) is 31.5 Å². The number of nitrogens with zero attached hydrogens (tertiary/aromatic N) is 2. The molecule has 1 aromatic carbocycles. The van der Waals surface area contributed by atoms with E-state index < -0.39 is 11.7 Å². The molecular formula is C20H27F3N2O3. The van der Waals surface area contributed by atoms with E-state index in [0.29, 0.717) is 38.8 Å². The van der Waals surface area contributed by atoms with Gasteiger partial charge in [-0.3, -0.25) is 9.69 Å². The van der Waals surface area contributed by atoms with Gasteiger partial charge >= 0.3 is 6.18 Å². The van der Waals surface area contributed by atoms with Crippen LogP contribution in [0.1, 0.15) is 35.2 Å². The lowest BCUT2D eigenvalue weighted by molar-refractivity contribution is -0.137. The third kappa shape index (κ3) is 5.04. The Morgan fingerprint density at radius 1 is 1.14 bits per heavy atom. The quantitative estimate of drug-likeness (QED) is 0.826. The van der Waals surface area contributed by atoms with E-state index in [-0.39, 0.29) is 24.0 Å². The van der Waals surface area contributed by atoms with Crippen molar-refractivity contribution in [2.24, 2.45) is 5.92 Å². The Morgan fingerprint density at radius 2 is 1.82 bits per heavy atom. The third-order valence-electron chi connectivity index (χ3n) is 5.69. The summed E-state index contributed by atoms with van der Waals surface area (Å²) in [6.45, 7) is 4.40. The number of aliphatic hydroxyl groups excluding tert-OH is 1. The molecule has 2 aliphatic rings. The zero-order valence-corrected chi connectivity index (χ0v) is 15.8. The number of hydrogen-bond donors (Lipinski definition) is 1. The number of hydrogen-bond acceptors (Lipinski definition) is 4. The molecule has 1 amide bonds. The van der Waals surface area contributed by atoms with Gasteiger partial charge in [-0.2, -0.15) is 13.2 Å². The molecule has 2 aliphatic heterocycles. The summed E-state index contributed by atoms with van der Waals surface area (Å²) in [7, 11) is 0. The number of alkyl halides is 3. The van der Waals surface area contributed by atoms with Gasteiger partial charge in [0.05, 0.1) is 18.8 Å². The second kappa shape index (κ2) is 9.24. The topological polar surface area (TPSA) is 53.0 Å². The molecule has 0 bridgehead atoms. The maximum absolute atomic E-state index is 12.8. The molecule has 8 heteroatoms. The second-order valence-corrected chi connectivity index (χ2v) is 7.46. The van der Waals surface area contributed by atoms with Crippen LogP contribution in [-0.2, 0) is 10.9 Å². The SMILES string of the molecule is O=C(c1ccc(C(F)(F)F)cc1)N1CC[C@H](N2CCOCC2)[C@H](CCCO)C1. The summed E-state index contributed by atoms with van der Waals surface area (Å²) in [4.78, 5) is 17.0. The number of benzene rings is 1. The number of rotatable bonds is 5. The molecule has 28 heavy (non-hydrogen) atoms. The summed E-state index contributed by atoms with van der Waals surface area (Å²) < 4.78 is 43.6. The molecule has 0 aliphatic carbocycles. The Kier molecular flexibility index (Phi) is 6.95. The van der Waals surface area contributed by atoms with Crippen LogP contribution < -0.4 is 0 Å². The molecule has 2 saturated heterocycles. The molecule has 1 N–H and O–H groups in total. The minimum absolute atomic E-state index is 0.110. The first-order chi connectivity index (χ1) is 13.4. The third-order valence-corrected chi connectivity index (χ3v) is 5.69. The van der Waals surface area contributed by atoms with Crippen LogP contribution in [0.3, 0.4) is 0 Å². The standard InChI is InChI=1S/C20H27F3N2O3/c21-20(22,23)17-5-3-15(4-6-17)19(27)25-8-7-18(16(14-25)2-1-11-26)24-9-12-28-13-10-24/h3-6,16,18,26H,1-2,7-14H2/t16-,18+/m1/s1. The fourth-order valence-electron chi connectivity index (χ4n) is 4.22. The minimum Gasteiger partial charge on any atom is -0.396 e. The number of aliphatic hydroxyl groups is 1. The van der Waals surface area contributed by atoms with E-state index in [4.69, 9.17) is 4.74 Å². The Balaban J connectivity index is 1.68. The van der Waals surface area contributed by atoms with Crippen LogP contribution >= 0.6 is 0 Å². The van der Waals surface area contributed by atoms with Crippen molar-refractivity contribution in [3.63, 3.8) is 0 Å². The van der Waals surface area contributed by atoms with Crippen LogP contribution in [0.4, 0.5) is 13.2 Å². The van der Waals surface area contributed by atoms with Crippen LogP contribution in [0.15, 0.2) is 24.3 Å². The Hall–Kier alpha value is -1.64. The highest BCUT2D eigenvalue weighted by Gasteiger charge is 2.36. The monoisotopic (exact) mass is 400 g/mol. The average molecular weight is 400 g/mol.